The van der Waals surface area contributed by atoms with Crippen molar-refractivity contribution in [3.8, 4) is 0 Å². The van der Waals surface area contributed by atoms with Gasteiger partial charge in [0.05, 0.1) is 28.8 Å². The van der Waals surface area contributed by atoms with Crippen LogP contribution in [0.5, 0.6) is 0 Å². The summed E-state index contributed by atoms with van der Waals surface area (Å²) >= 11 is 4.17. The Kier molecular flexibility index (Phi) is 130. The van der Waals surface area contributed by atoms with Gasteiger partial charge in [0.25, 0.3) is 0 Å². The summed E-state index contributed by atoms with van der Waals surface area (Å²) in [5.41, 5.74) is 0. The van der Waals surface area contributed by atoms with Crippen molar-refractivity contribution in [3.05, 3.63) is 40.0 Å². The number of carbonyl (C=O) groups is 5. The van der Waals surface area contributed by atoms with Gasteiger partial charge in [-0.15, -0.1) is 0 Å². The molecule has 386 valence electrons. The molecule has 6 unspecified atom stereocenters. The summed E-state index contributed by atoms with van der Waals surface area (Å²) in [5, 5.41) is 25.2. The molecule has 0 spiro atoms. The maximum Gasteiger partial charge on any atom is 0 e. The van der Waals surface area contributed by atoms with Crippen molar-refractivity contribution in [1.29, 1.82) is 0 Å². The third kappa shape index (κ3) is 72.9. The predicted octanol–water partition coefficient (Wildman–Crippen LogP) is 0.174. The van der Waals surface area contributed by atoms with Gasteiger partial charge in [-0.2, -0.15) is 37.9 Å². The first-order valence-electron chi connectivity index (χ1n) is 20.0. The van der Waals surface area contributed by atoms with Gasteiger partial charge in [-0.3, -0.25) is 30.4 Å². The van der Waals surface area contributed by atoms with Gasteiger partial charge in [-0.1, -0.05) is 12.8 Å². The van der Waals surface area contributed by atoms with Crippen LogP contribution in [-0.4, -0.2) is 184 Å². The molecule has 3 saturated heterocycles. The SMILES string of the molecule is [B]C1C[CH-]C(CO)O1.[B]C1C[CH-]C([CH2-])O1.[B]C1C[CH-]C([CH2-])O1.[B]CC(=O)N(CCNC(=O)CN(CCNC(=O)CC[CH2-])C(=O)C[B])CC(=O)NCCCCCCO.[PH]=[W].[PH]=[W].[PH]=[W].[U].[U].[U].[V].[V].[V].[Y].[Y].[Y]. The molecule has 0 aliphatic carbocycles. The molecule has 3 rings (SSSR count). The summed E-state index contributed by atoms with van der Waals surface area (Å²) in [5.74, 6) is -1.88. The Labute approximate surface area is 660 Å². The van der Waals surface area contributed by atoms with Gasteiger partial charge in [0.1, 0.15) is 23.5 Å². The normalized spacial score (nSPS) is 17.6. The Morgan fingerprint density at radius 3 is 1.21 bits per heavy atom. The number of rotatable bonds is 21. The predicted molar refractivity (Wildman–Crippen MR) is 246 cm³/mol. The zero-order valence-corrected chi connectivity index (χ0v) is 77.7. The van der Waals surface area contributed by atoms with Crippen LogP contribution in [-0.2, 0) is 248 Å². The standard InChI is InChI=1S/C22H38B2N5O6.C5H8BO2.2C5H7BO.3HP.3U.3V.3W.3Y/c1-2-7-18(31)26-9-11-28(21(34)14-23)17-20(33)27-10-12-29(22(35)15-24)16-19(32)25-8-5-3-4-6-13-30;6-5-2-1-4(3-7)8-5;2*1-4-2-3-5(6)7-4;;;;;;;;;;;;;;;/h30H,1-17H2,(H,25,32)(H,26,31)(H,27,33);1,4-5,7H,2-3H2;2*2,4-5H,1,3H2;3*1H;;;;;;;;;;;;/q2*-1;2*-2;;;;;;;;;;;;;;;. The van der Waals surface area contributed by atoms with Crippen molar-refractivity contribution in [2.75, 3.05) is 59.0 Å². The van der Waals surface area contributed by atoms with Gasteiger partial charge in [0, 0.05) is 293 Å². The molecule has 3 aliphatic rings. The number of amides is 5. The molecule has 72 heavy (non-hydrogen) atoms. The van der Waals surface area contributed by atoms with E-state index < -0.39 is 17.7 Å². The fourth-order valence-corrected chi connectivity index (χ4v) is 5.01. The number of unbranched alkanes of at least 4 members (excludes halogenated alkanes) is 3. The maximum atomic E-state index is 12.3. The molecule has 0 bridgehead atoms. The second-order valence-corrected chi connectivity index (χ2v) is 13.1. The second kappa shape index (κ2) is 83.9. The van der Waals surface area contributed by atoms with Gasteiger partial charge in [-0.05, 0) is 56.0 Å². The van der Waals surface area contributed by atoms with Crippen molar-refractivity contribution in [1.82, 2.24) is 25.8 Å². The molecule has 15 nitrogen and oxygen atoms in total. The molecule has 6 atom stereocenters. The van der Waals surface area contributed by atoms with E-state index in [2.05, 4.69) is 57.3 Å². The zero-order valence-electron chi connectivity index (χ0n) is 40.7. The third-order valence-electron chi connectivity index (χ3n) is 8.06. The third-order valence-corrected chi connectivity index (χ3v) is 8.06. The van der Waals surface area contributed by atoms with E-state index in [-0.39, 0.29) is 367 Å². The number of aliphatic hydroxyl groups is 2. The summed E-state index contributed by atoms with van der Waals surface area (Å²) < 4.78 is 14.9. The van der Waals surface area contributed by atoms with Gasteiger partial charge < -0.3 is 83.8 Å². The topological polar surface area (TPSA) is 196 Å². The van der Waals surface area contributed by atoms with Crippen LogP contribution in [0.1, 0.15) is 57.8 Å². The van der Waals surface area contributed by atoms with Crippen molar-refractivity contribution in [2.24, 2.45) is 0 Å². The van der Waals surface area contributed by atoms with Crippen LogP contribution < -0.4 is 16.0 Å². The first-order chi connectivity index (χ1) is 30.2. The molecular weight excluding hydrogens is 2510 g/mol. The molecule has 3 fully saturated rings. The van der Waals surface area contributed by atoms with Gasteiger partial charge in [-0.25, -0.2) is 0 Å². The summed E-state index contributed by atoms with van der Waals surface area (Å²) in [6.45, 7) is 20.6. The van der Waals surface area contributed by atoms with Crippen LogP contribution in [0.4, 0.5) is 0 Å². The molecule has 0 saturated carbocycles. The van der Waals surface area contributed by atoms with Crippen LogP contribution in [0.3, 0.4) is 0 Å². The monoisotopic (exact) mass is 2570 g/mol. The smallest absolute Gasteiger partial charge is 0 e. The van der Waals surface area contributed by atoms with Gasteiger partial charge >= 0.3 is 77.0 Å². The molecule has 5 amide bonds. The van der Waals surface area contributed by atoms with Gasteiger partial charge in [0.2, 0.25) is 29.5 Å². The van der Waals surface area contributed by atoms with E-state index >= 15 is 0 Å². The number of carbonyl (C=O) groups excluding carboxylic acids is 5. The van der Waals surface area contributed by atoms with Crippen molar-refractivity contribution >= 4 is 89.4 Å². The molecule has 0 aromatic rings. The maximum absolute atomic E-state index is 12.3. The fourth-order valence-electron chi connectivity index (χ4n) is 5.01. The van der Waals surface area contributed by atoms with E-state index in [1.807, 2.05) is 19.3 Å². The number of ether oxygens (including phenoxy) is 3. The molecule has 3 aliphatic heterocycles. The minimum absolute atomic E-state index is 0. The van der Waals surface area contributed by atoms with Crippen molar-refractivity contribution in [3.63, 3.8) is 0 Å². The Bertz CT molecular complexity index is 1220. The van der Waals surface area contributed by atoms with E-state index in [4.69, 9.17) is 63.7 Å². The van der Waals surface area contributed by atoms with Crippen molar-refractivity contribution < 1.29 is 352 Å². The molecule has 16 radical (unpaired) electrons. The quantitative estimate of drug-likeness (QED) is 0.0458. The Balaban J connectivity index is -0.0000000698. The van der Waals surface area contributed by atoms with Crippen molar-refractivity contribution in [2.45, 2.75) is 107 Å². The fraction of sp³-hybridized carbons (Fsp3) is 0.703. The van der Waals surface area contributed by atoms with Crippen LogP contribution in [0.15, 0.2) is 0 Å². The molecule has 3 heterocycles. The summed E-state index contributed by atoms with van der Waals surface area (Å²) in [4.78, 5) is 62.5. The molecule has 5 N–H and O–H groups in total. The van der Waals surface area contributed by atoms with E-state index in [0.717, 1.165) is 44.9 Å². The summed E-state index contributed by atoms with van der Waals surface area (Å²) in [6, 6.07) is -0.378. The summed E-state index contributed by atoms with van der Waals surface area (Å²) in [7, 11) is 26.8. The number of hydrogen-bond acceptors (Lipinski definition) is 10. The molecule has 0 aromatic heterocycles. The van der Waals surface area contributed by atoms with Crippen LogP contribution in [0.25, 0.3) is 0 Å². The zero-order chi connectivity index (χ0) is 49.0. The Morgan fingerprint density at radius 2 is 0.944 bits per heavy atom. The van der Waals surface area contributed by atoms with Gasteiger partial charge in [0.15, 0.2) is 0 Å². The molecule has 35 heteroatoms. The molecule has 0 aromatic carbocycles. The largest absolute Gasteiger partial charge is 0 e. The van der Waals surface area contributed by atoms with E-state index in [1.54, 1.807) is 0 Å². The van der Waals surface area contributed by atoms with Crippen LogP contribution in [0, 0.1) is 133 Å². The summed E-state index contributed by atoms with van der Waals surface area (Å²) in [6.07, 6.45) is 11.6. The Hall–Kier alpha value is 8.66. The first kappa shape index (κ1) is 112. The molecular formula is C37H63B5N5O10P3U3V3W3Y3-6. The minimum Gasteiger partial charge on any atom is 0 e. The first-order valence-corrected chi connectivity index (χ1v) is 34.4. The van der Waals surface area contributed by atoms with E-state index in [0.29, 0.717) is 13.0 Å². The number of nitrogens with zero attached hydrogens (tertiary/aromatic N) is 2. The number of hydrogen-bond donors (Lipinski definition) is 5. The van der Waals surface area contributed by atoms with Crippen LogP contribution >= 0.6 is 20.6 Å². The van der Waals surface area contributed by atoms with E-state index in [1.165, 1.54) is 66.2 Å². The number of aliphatic hydroxyl groups excluding tert-OH is 2. The second-order valence-electron chi connectivity index (χ2n) is 13.1. The van der Waals surface area contributed by atoms with E-state index in [9.17, 15) is 24.0 Å². The number of nitrogens with one attached hydrogen (secondary N) is 3. The average Bonchev–Trinajstić information content (AvgIpc) is 4.02. The average molecular weight is 2570 g/mol. The Morgan fingerprint density at radius 1 is 0.597 bits per heavy atom. The van der Waals surface area contributed by atoms with Crippen LogP contribution in [0.2, 0.25) is 12.6 Å². The minimum atomic E-state index is -0.469.